The van der Waals surface area contributed by atoms with Crippen LogP contribution in [0.15, 0.2) is 72.9 Å². The van der Waals surface area contributed by atoms with Gasteiger partial charge < -0.3 is 20.1 Å². The SMILES string of the molecule is Cc1ccccc1NC(=O)CCN1C(=S)N[C@@H](c2ccccn2)[C@@H]1c1cc(C)n(-c2ccc(Cl)cc2Cl)c1C. The maximum atomic E-state index is 13.0. The van der Waals surface area contributed by atoms with Crippen LogP contribution in [-0.2, 0) is 4.79 Å². The van der Waals surface area contributed by atoms with Gasteiger partial charge in [-0.3, -0.25) is 9.78 Å². The normalized spacial score (nSPS) is 16.8. The van der Waals surface area contributed by atoms with Crippen molar-refractivity contribution >= 4 is 52.1 Å². The third kappa shape index (κ3) is 5.53. The zero-order valence-corrected chi connectivity index (χ0v) is 24.2. The molecule has 2 aromatic heterocycles. The Kier molecular flexibility index (Phi) is 7.93. The molecule has 0 radical (unpaired) electrons. The first-order valence-corrected chi connectivity index (χ1v) is 13.9. The third-order valence-electron chi connectivity index (χ3n) is 7.14. The maximum Gasteiger partial charge on any atom is 0.226 e. The Morgan fingerprint density at radius 2 is 1.82 bits per heavy atom. The molecule has 39 heavy (non-hydrogen) atoms. The van der Waals surface area contributed by atoms with Gasteiger partial charge in [0.25, 0.3) is 0 Å². The Morgan fingerprint density at radius 3 is 2.54 bits per heavy atom. The fourth-order valence-corrected chi connectivity index (χ4v) is 6.08. The van der Waals surface area contributed by atoms with Crippen molar-refractivity contribution in [2.24, 2.45) is 0 Å². The van der Waals surface area contributed by atoms with E-state index in [2.05, 4.69) is 45.0 Å². The van der Waals surface area contributed by atoms with Gasteiger partial charge in [0.1, 0.15) is 0 Å². The molecule has 0 unspecified atom stereocenters. The smallest absolute Gasteiger partial charge is 0.226 e. The molecule has 0 bridgehead atoms. The second-order valence-electron chi connectivity index (χ2n) is 9.69. The van der Waals surface area contributed by atoms with Crippen molar-refractivity contribution < 1.29 is 4.79 Å². The quantitative estimate of drug-likeness (QED) is 0.229. The molecule has 1 fully saturated rings. The second-order valence-corrected chi connectivity index (χ2v) is 10.9. The Balaban J connectivity index is 1.49. The Hall–Kier alpha value is -3.39. The summed E-state index contributed by atoms with van der Waals surface area (Å²) in [4.78, 5) is 19.7. The molecule has 1 amide bonds. The molecule has 3 heterocycles. The fourth-order valence-electron chi connectivity index (χ4n) is 5.25. The first-order valence-electron chi connectivity index (χ1n) is 12.7. The Bertz CT molecular complexity index is 1540. The number of hydrogen-bond acceptors (Lipinski definition) is 3. The minimum absolute atomic E-state index is 0.0643. The molecule has 1 aliphatic rings. The summed E-state index contributed by atoms with van der Waals surface area (Å²) in [6, 6.07) is 20.9. The summed E-state index contributed by atoms with van der Waals surface area (Å²) in [5, 5.41) is 8.26. The van der Waals surface area contributed by atoms with E-state index in [1.165, 1.54) is 0 Å². The van der Waals surface area contributed by atoms with E-state index in [0.29, 0.717) is 21.7 Å². The lowest BCUT2D eigenvalue weighted by Gasteiger charge is -2.28. The molecule has 1 saturated heterocycles. The van der Waals surface area contributed by atoms with Crippen molar-refractivity contribution in [2.75, 3.05) is 11.9 Å². The molecule has 0 saturated carbocycles. The third-order valence-corrected chi connectivity index (χ3v) is 8.03. The monoisotopic (exact) mass is 577 g/mol. The molecule has 2 N–H and O–H groups in total. The van der Waals surface area contributed by atoms with E-state index in [4.69, 9.17) is 35.4 Å². The highest BCUT2D eigenvalue weighted by molar-refractivity contribution is 7.80. The predicted octanol–water partition coefficient (Wildman–Crippen LogP) is 7.11. The van der Waals surface area contributed by atoms with Gasteiger partial charge in [-0.25, -0.2) is 0 Å². The van der Waals surface area contributed by atoms with Crippen molar-refractivity contribution in [1.82, 2.24) is 19.8 Å². The number of aryl methyl sites for hydroxylation is 2. The van der Waals surface area contributed by atoms with Crippen LogP contribution in [0.2, 0.25) is 10.0 Å². The number of aromatic nitrogens is 2. The molecule has 9 heteroatoms. The van der Waals surface area contributed by atoms with Crippen LogP contribution in [-0.4, -0.2) is 32.0 Å². The number of nitrogens with one attached hydrogen (secondary N) is 2. The van der Waals surface area contributed by atoms with Crippen molar-refractivity contribution in [3.8, 4) is 5.69 Å². The van der Waals surface area contributed by atoms with Crippen LogP contribution in [0.4, 0.5) is 5.69 Å². The van der Waals surface area contributed by atoms with E-state index in [1.807, 2.05) is 61.5 Å². The van der Waals surface area contributed by atoms with Gasteiger partial charge in [-0.05, 0) is 86.6 Å². The minimum atomic E-state index is -0.187. The van der Waals surface area contributed by atoms with Crippen LogP contribution in [0.5, 0.6) is 0 Å². The van der Waals surface area contributed by atoms with E-state index >= 15 is 0 Å². The topological polar surface area (TPSA) is 62.2 Å². The largest absolute Gasteiger partial charge is 0.352 e. The molecule has 0 aliphatic carbocycles. The molecule has 2 aromatic carbocycles. The lowest BCUT2D eigenvalue weighted by Crippen LogP contribution is -2.33. The summed E-state index contributed by atoms with van der Waals surface area (Å²) in [7, 11) is 0. The first kappa shape index (κ1) is 27.2. The molecule has 200 valence electrons. The van der Waals surface area contributed by atoms with Gasteiger partial charge in [0.15, 0.2) is 5.11 Å². The fraction of sp³-hybridized carbons (Fsp3) is 0.233. The number of carbonyl (C=O) groups is 1. The summed E-state index contributed by atoms with van der Waals surface area (Å²) in [6.45, 7) is 6.55. The van der Waals surface area contributed by atoms with Crippen LogP contribution in [0.25, 0.3) is 5.69 Å². The van der Waals surface area contributed by atoms with Gasteiger partial charge in [-0.1, -0.05) is 47.5 Å². The highest BCUT2D eigenvalue weighted by Crippen LogP contribution is 2.42. The summed E-state index contributed by atoms with van der Waals surface area (Å²) in [5.41, 5.74) is 6.72. The molecule has 1 aliphatic heterocycles. The molecule has 5 rings (SSSR count). The van der Waals surface area contributed by atoms with Gasteiger partial charge in [0.05, 0.1) is 28.5 Å². The number of benzene rings is 2. The van der Waals surface area contributed by atoms with Crippen molar-refractivity contribution in [2.45, 2.75) is 39.3 Å². The van der Waals surface area contributed by atoms with Crippen LogP contribution in [0.1, 0.15) is 46.7 Å². The number of pyridine rings is 1. The summed E-state index contributed by atoms with van der Waals surface area (Å²) >= 11 is 18.6. The molecule has 6 nitrogen and oxygen atoms in total. The van der Waals surface area contributed by atoms with Gasteiger partial charge >= 0.3 is 0 Å². The number of halogens is 2. The number of anilines is 1. The molecule has 0 spiro atoms. The highest BCUT2D eigenvalue weighted by atomic mass is 35.5. The average molecular weight is 579 g/mol. The van der Waals surface area contributed by atoms with Gasteiger partial charge in [0.2, 0.25) is 5.91 Å². The summed E-state index contributed by atoms with van der Waals surface area (Å²) < 4.78 is 2.13. The number of hydrogen-bond donors (Lipinski definition) is 2. The van der Waals surface area contributed by atoms with Gasteiger partial charge in [-0.15, -0.1) is 0 Å². The minimum Gasteiger partial charge on any atom is -0.352 e. The van der Waals surface area contributed by atoms with Gasteiger partial charge in [-0.2, -0.15) is 0 Å². The van der Waals surface area contributed by atoms with Crippen LogP contribution in [0.3, 0.4) is 0 Å². The van der Waals surface area contributed by atoms with E-state index in [0.717, 1.165) is 39.6 Å². The summed E-state index contributed by atoms with van der Waals surface area (Å²) in [5.74, 6) is -0.0643. The predicted molar refractivity (Wildman–Crippen MR) is 162 cm³/mol. The van der Waals surface area contributed by atoms with Crippen molar-refractivity contribution in [3.05, 3.63) is 111 Å². The number of amides is 1. The van der Waals surface area contributed by atoms with Crippen LogP contribution < -0.4 is 10.6 Å². The zero-order chi connectivity index (χ0) is 27.7. The van der Waals surface area contributed by atoms with Crippen LogP contribution >= 0.6 is 35.4 Å². The van der Waals surface area contributed by atoms with E-state index < -0.39 is 0 Å². The van der Waals surface area contributed by atoms with Crippen molar-refractivity contribution in [3.63, 3.8) is 0 Å². The Labute approximate surface area is 244 Å². The number of carbonyl (C=O) groups excluding carboxylic acids is 1. The molecular formula is C30H29Cl2N5OS. The van der Waals surface area contributed by atoms with Crippen molar-refractivity contribution in [1.29, 1.82) is 0 Å². The first-order chi connectivity index (χ1) is 18.7. The highest BCUT2D eigenvalue weighted by Gasteiger charge is 2.41. The van der Waals surface area contributed by atoms with Crippen LogP contribution in [0, 0.1) is 20.8 Å². The van der Waals surface area contributed by atoms with Gasteiger partial charge in [0, 0.05) is 41.3 Å². The number of para-hydroxylation sites is 1. The lowest BCUT2D eigenvalue weighted by atomic mass is 9.96. The van der Waals surface area contributed by atoms with E-state index in [9.17, 15) is 4.79 Å². The molecule has 4 aromatic rings. The van der Waals surface area contributed by atoms with E-state index in [1.54, 1.807) is 12.3 Å². The van der Waals surface area contributed by atoms with E-state index in [-0.39, 0.29) is 24.4 Å². The summed E-state index contributed by atoms with van der Waals surface area (Å²) in [6.07, 6.45) is 2.07. The second kappa shape index (κ2) is 11.4. The zero-order valence-electron chi connectivity index (χ0n) is 21.9. The number of nitrogens with zero attached hydrogens (tertiary/aromatic N) is 3. The molecule has 2 atom stereocenters. The number of rotatable bonds is 7. The molecular weight excluding hydrogens is 549 g/mol. The maximum absolute atomic E-state index is 13.0. The lowest BCUT2D eigenvalue weighted by molar-refractivity contribution is -0.116. The average Bonchev–Trinajstić information content (AvgIpc) is 3.39. The Morgan fingerprint density at radius 1 is 1.05 bits per heavy atom. The number of thiocarbonyl (C=S) groups is 1. The standard InChI is InChI=1S/C30H29Cl2N5OS/c1-18-8-4-5-9-24(18)34-27(38)13-15-36-29(28(35-30(36)39)25-10-6-7-14-33-25)22-16-19(2)37(20(22)3)26-12-11-21(31)17-23(26)32/h4-12,14,16-17,28-29H,13,15H2,1-3H3,(H,34,38)(H,35,39)/t28-,29-/m0/s1.